The Balaban J connectivity index is 0.000000193. The van der Waals surface area contributed by atoms with Crippen LogP contribution in [0.25, 0.3) is 22.3 Å². The Morgan fingerprint density at radius 1 is 0.245 bits per heavy atom. The van der Waals surface area contributed by atoms with Gasteiger partial charge in [-0.05, 0) is 225 Å². The molecule has 0 N–H and O–H groups in total. The van der Waals surface area contributed by atoms with Gasteiger partial charge in [-0.3, -0.25) is 0 Å². The van der Waals surface area contributed by atoms with Crippen LogP contribution in [0.1, 0.15) is 211 Å². The van der Waals surface area contributed by atoms with Crippen LogP contribution in [-0.4, -0.2) is 6.71 Å². The third kappa shape index (κ3) is 15.8. The molecule has 0 radical (unpaired) electrons. The van der Waals surface area contributed by atoms with Crippen molar-refractivity contribution in [3.63, 3.8) is 0 Å². The molecule has 2 heterocycles. The third-order valence-electron chi connectivity index (χ3n) is 22.5. The van der Waals surface area contributed by atoms with Crippen molar-refractivity contribution in [2.45, 2.75) is 209 Å². The summed E-state index contributed by atoms with van der Waals surface area (Å²) in [6.07, 6.45) is 0. The zero-order valence-corrected chi connectivity index (χ0v) is 70.9. The summed E-state index contributed by atoms with van der Waals surface area (Å²) in [6, 6.07) is 99.9. The molecular weight excluding hydrogens is 1350 g/mol. The van der Waals surface area contributed by atoms with Crippen LogP contribution in [0.5, 0.6) is 0 Å². The average Bonchev–Trinajstić information content (AvgIpc) is 0.695. The summed E-state index contributed by atoms with van der Waals surface area (Å²) >= 11 is 7.83. The minimum absolute atomic E-state index is 0.00415. The van der Waals surface area contributed by atoms with E-state index in [4.69, 9.17) is 11.6 Å². The first-order valence-corrected chi connectivity index (χ1v) is 40.2. The Bertz CT molecular complexity index is 5250. The lowest BCUT2D eigenvalue weighted by Crippen LogP contribution is -2.61. The number of anilines is 12. The molecule has 0 aliphatic carbocycles. The second-order valence-corrected chi connectivity index (χ2v) is 39.4. The van der Waals surface area contributed by atoms with Crippen LogP contribution in [0.15, 0.2) is 267 Å². The Labute approximate surface area is 666 Å². The number of benzene rings is 12. The quantitative estimate of drug-likeness (QED) is 0.127. The van der Waals surface area contributed by atoms with Crippen LogP contribution >= 0.6 is 11.6 Å². The zero-order chi connectivity index (χ0) is 79.2. The molecule has 0 bridgehead atoms. The molecule has 110 heavy (non-hydrogen) atoms. The fourth-order valence-electron chi connectivity index (χ4n) is 15.6. The van der Waals surface area contributed by atoms with Crippen LogP contribution in [0, 0.1) is 0 Å². The number of rotatable bonds is 10. The molecule has 2 aliphatic rings. The van der Waals surface area contributed by atoms with Gasteiger partial charge in [0.2, 0.25) is 0 Å². The average molecular weight is 1470 g/mol. The van der Waals surface area contributed by atoms with E-state index in [0.29, 0.717) is 5.02 Å². The van der Waals surface area contributed by atoms with Crippen molar-refractivity contribution in [3.05, 3.63) is 316 Å². The summed E-state index contributed by atoms with van der Waals surface area (Å²) < 4.78 is 0. The maximum absolute atomic E-state index is 7.83. The summed E-state index contributed by atoms with van der Waals surface area (Å²) in [6.45, 7) is 55.0. The van der Waals surface area contributed by atoms with E-state index in [1.165, 1.54) is 106 Å². The van der Waals surface area contributed by atoms with Crippen molar-refractivity contribution >= 4 is 103 Å². The number of halogens is 1. The van der Waals surface area contributed by atoms with Gasteiger partial charge in [0.1, 0.15) is 0 Å². The van der Waals surface area contributed by atoms with E-state index < -0.39 is 0 Å². The minimum atomic E-state index is -0.0234. The van der Waals surface area contributed by atoms with Gasteiger partial charge in [-0.15, -0.1) is 0 Å². The van der Waals surface area contributed by atoms with Gasteiger partial charge in [0, 0.05) is 56.6 Å². The van der Waals surface area contributed by atoms with E-state index in [9.17, 15) is 0 Å². The Kier molecular flexibility index (Phi) is 20.7. The second-order valence-electron chi connectivity index (χ2n) is 39.0. The first-order valence-electron chi connectivity index (χ1n) is 39.8. The van der Waals surface area contributed by atoms with E-state index in [-0.39, 0.29) is 50.0 Å². The van der Waals surface area contributed by atoms with E-state index in [1.807, 2.05) is 0 Å². The number of hydrogen-bond acceptors (Lipinski definition) is 4. The Morgan fingerprint density at radius 3 is 0.964 bits per heavy atom. The molecule has 12 aromatic rings. The topological polar surface area (TPSA) is 13.0 Å². The van der Waals surface area contributed by atoms with Gasteiger partial charge in [0.15, 0.2) is 0 Å². The van der Waals surface area contributed by atoms with Crippen LogP contribution < -0.4 is 36.0 Å². The lowest BCUT2D eigenvalue weighted by atomic mass is 9.33. The van der Waals surface area contributed by atoms with Gasteiger partial charge in [-0.1, -0.05) is 335 Å². The summed E-state index contributed by atoms with van der Waals surface area (Å²) in [5, 5.41) is 0.668. The van der Waals surface area contributed by atoms with Gasteiger partial charge in [-0.25, -0.2) is 0 Å². The highest BCUT2D eigenvalue weighted by atomic mass is 35.5. The molecule has 0 fully saturated rings. The van der Waals surface area contributed by atoms with Gasteiger partial charge >= 0.3 is 0 Å². The molecule has 0 spiro atoms. The largest absolute Gasteiger partial charge is 0.311 e. The first kappa shape index (κ1) is 78.3. The van der Waals surface area contributed by atoms with Crippen molar-refractivity contribution in [1.29, 1.82) is 0 Å². The predicted octanol–water partition coefficient (Wildman–Crippen LogP) is 28.8. The van der Waals surface area contributed by atoms with Gasteiger partial charge in [0.25, 0.3) is 6.71 Å². The van der Waals surface area contributed by atoms with Crippen LogP contribution in [0.4, 0.5) is 68.2 Å². The summed E-state index contributed by atoms with van der Waals surface area (Å²) in [5.74, 6) is 0. The lowest BCUT2D eigenvalue weighted by Gasteiger charge is -2.45. The fraction of sp³-hybridized carbons (Fsp3) is 0.308. The van der Waals surface area contributed by atoms with E-state index in [2.05, 4.69) is 453 Å². The normalized spacial score (nSPS) is 13.3. The highest BCUT2D eigenvalue weighted by Crippen LogP contribution is 2.52. The molecule has 0 saturated heterocycles. The molecule has 0 amide bonds. The molecule has 0 saturated carbocycles. The monoisotopic (exact) mass is 1470 g/mol. The molecule has 0 unspecified atom stereocenters. The van der Waals surface area contributed by atoms with Crippen LogP contribution in [-0.2, 0) is 43.3 Å². The summed E-state index contributed by atoms with van der Waals surface area (Å²) in [5.41, 5.74) is 33.0. The predicted molar refractivity (Wildman–Crippen MR) is 482 cm³/mol. The third-order valence-corrected chi connectivity index (χ3v) is 22.9. The molecule has 562 valence electrons. The van der Waals surface area contributed by atoms with E-state index >= 15 is 0 Å². The summed E-state index contributed by atoms with van der Waals surface area (Å²) in [7, 11) is 0. The van der Waals surface area contributed by atoms with Crippen molar-refractivity contribution in [2.24, 2.45) is 0 Å². The Hall–Kier alpha value is -9.81. The smallest absolute Gasteiger partial charge is 0.252 e. The molecule has 14 rings (SSSR count). The van der Waals surface area contributed by atoms with Gasteiger partial charge in [-0.2, -0.15) is 0 Å². The molecule has 2 aliphatic heterocycles. The Morgan fingerprint density at radius 2 is 0.555 bits per heavy atom. The van der Waals surface area contributed by atoms with Crippen molar-refractivity contribution in [3.8, 4) is 22.3 Å². The molecule has 6 heteroatoms. The summed E-state index contributed by atoms with van der Waals surface area (Å²) in [4.78, 5) is 9.75. The minimum Gasteiger partial charge on any atom is -0.311 e. The van der Waals surface area contributed by atoms with Crippen molar-refractivity contribution in [2.75, 3.05) is 19.6 Å². The SMILES string of the molecule is CC(C)(C)c1ccc(N(c2ccc(C(C)(C)C)cc2)c2cccc(N(c3ccc(C(C)(C)C)cc3)c3ccc(C(C)(C)C)cc3-c3ccccc3)c2Cl)cc1.CC(C)(C)c1ccc(N2c3ccc(C(C)(C)C)cc3B3c4cc(C(C)(C)C)ccc4N(c4ccc(C(C)(C)C)cc4-c4ccccc4)c4cccc2c43)cc1. The van der Waals surface area contributed by atoms with Crippen LogP contribution in [0.3, 0.4) is 0 Å². The number of fused-ring (bicyclic) bond motifs is 4. The number of hydrogen-bond donors (Lipinski definition) is 0. The highest BCUT2D eigenvalue weighted by molar-refractivity contribution is 7.00. The maximum atomic E-state index is 7.83. The highest BCUT2D eigenvalue weighted by Gasteiger charge is 2.45. The van der Waals surface area contributed by atoms with Crippen molar-refractivity contribution in [1.82, 2.24) is 0 Å². The zero-order valence-electron chi connectivity index (χ0n) is 70.1. The lowest BCUT2D eigenvalue weighted by molar-refractivity contribution is 0.590. The van der Waals surface area contributed by atoms with Crippen LogP contribution in [0.2, 0.25) is 5.02 Å². The maximum Gasteiger partial charge on any atom is 0.252 e. The van der Waals surface area contributed by atoms with Gasteiger partial charge < -0.3 is 19.6 Å². The van der Waals surface area contributed by atoms with Crippen molar-refractivity contribution < 1.29 is 0 Å². The standard InChI is InChI=1S/C52H57BN2.C52H59ClN2/c1-49(2,3)35-21-26-39(27-22-35)54-44-29-24-37(51(7,8)9)32-41(44)53-42-33-38(52(10,11)12)25-30-45(42)55(47-20-16-19-46(54)48(47)53)43-28-23-36(50(4,5)6)31-40(43)34-17-14-13-15-18-34;1-49(2,3)37-21-28-41(29-22-37)54(42-30-23-38(24-31-42)50(4,5)6)46-19-16-20-47(48(46)53)55(43-32-25-39(26-33-43)51(7,8)9)45-34-27-40(52(10,11)12)35-44(45)36-17-14-13-15-18-36/h13-33H,1-12H3;13-35H,1-12H3. The van der Waals surface area contributed by atoms with E-state index in [0.717, 1.165) is 45.3 Å². The number of nitrogens with zero attached hydrogens (tertiary/aromatic N) is 4. The molecular formula is C104H116BClN4. The first-order chi connectivity index (χ1) is 51.6. The van der Waals surface area contributed by atoms with Gasteiger partial charge in [0.05, 0.1) is 27.8 Å². The second kappa shape index (κ2) is 29.1. The molecule has 4 nitrogen and oxygen atoms in total. The molecule has 0 atom stereocenters. The van der Waals surface area contributed by atoms with E-state index in [1.54, 1.807) is 0 Å². The molecule has 0 aromatic heterocycles. The molecule has 12 aromatic carbocycles. The fourth-order valence-corrected chi connectivity index (χ4v) is 15.9.